The van der Waals surface area contributed by atoms with Crippen molar-refractivity contribution in [2.45, 2.75) is 11.3 Å². The number of rotatable bonds is 4. The number of hydrogen-bond donors (Lipinski definition) is 1. The molecular weight excluding hydrogens is 363 g/mol. The van der Waals surface area contributed by atoms with Crippen LogP contribution in [0.15, 0.2) is 59.5 Å². The smallest absolute Gasteiger partial charge is 0.152 e. The highest BCUT2D eigenvalue weighted by Gasteiger charge is 2.18. The van der Waals surface area contributed by atoms with Gasteiger partial charge in [-0.15, -0.1) is 0 Å². The number of ether oxygens (including phenoxy) is 1. The van der Waals surface area contributed by atoms with Gasteiger partial charge in [0.15, 0.2) is 4.90 Å². The fourth-order valence-corrected chi connectivity index (χ4v) is 3.64. The summed E-state index contributed by atoms with van der Waals surface area (Å²) in [5.41, 5.74) is 4.63. The van der Waals surface area contributed by atoms with Crippen LogP contribution in [0.2, 0.25) is 0 Å². The van der Waals surface area contributed by atoms with Gasteiger partial charge in [-0.05, 0) is 71.7 Å². The Morgan fingerprint density at radius 3 is 2.41 bits per heavy atom. The summed E-state index contributed by atoms with van der Waals surface area (Å²) in [4.78, 5) is 8.99. The third-order valence-corrected chi connectivity index (χ3v) is 5.50. The van der Waals surface area contributed by atoms with Crippen LogP contribution >= 0.6 is 0 Å². The van der Waals surface area contributed by atoms with Gasteiger partial charge in [-0.3, -0.25) is 0 Å². The molecule has 0 saturated heterocycles. The average molecular weight is 382 g/mol. The molecule has 138 valence electrons. The SMILES string of the molecule is C[S+]([O-])c1ccc(-c2nc(-c3ccc(F)cc3)c(C3=CCOCC3)[nH]2)cc1. The first-order chi connectivity index (χ1) is 13.1. The third kappa shape index (κ3) is 3.83. The Kier molecular flexibility index (Phi) is 5.11. The molecule has 4 rings (SSSR count). The molecular formula is C21H19FN2O2S. The molecule has 0 fully saturated rings. The normalized spacial score (nSPS) is 15.4. The van der Waals surface area contributed by atoms with Crippen molar-refractivity contribution in [3.05, 3.63) is 66.1 Å². The van der Waals surface area contributed by atoms with E-state index in [0.29, 0.717) is 13.2 Å². The summed E-state index contributed by atoms with van der Waals surface area (Å²) in [6.07, 6.45) is 4.50. The van der Waals surface area contributed by atoms with Crippen LogP contribution in [0, 0.1) is 5.82 Å². The van der Waals surface area contributed by atoms with Crippen molar-refractivity contribution in [1.82, 2.24) is 9.97 Å². The molecule has 1 aliphatic rings. The number of hydrogen-bond acceptors (Lipinski definition) is 3. The summed E-state index contributed by atoms with van der Waals surface area (Å²) in [5.74, 6) is 0.453. The highest BCUT2D eigenvalue weighted by molar-refractivity contribution is 7.90. The summed E-state index contributed by atoms with van der Waals surface area (Å²) in [7, 11) is 0. The van der Waals surface area contributed by atoms with Gasteiger partial charge in [-0.25, -0.2) is 9.37 Å². The van der Waals surface area contributed by atoms with Crippen molar-refractivity contribution < 1.29 is 13.7 Å². The Balaban J connectivity index is 1.79. The predicted octanol–water partition coefficient (Wildman–Crippen LogP) is 4.42. The van der Waals surface area contributed by atoms with Gasteiger partial charge in [-0.2, -0.15) is 0 Å². The molecule has 6 heteroatoms. The molecule has 3 aromatic rings. The lowest BCUT2D eigenvalue weighted by Crippen LogP contribution is -2.04. The van der Waals surface area contributed by atoms with Crippen LogP contribution in [0.25, 0.3) is 28.2 Å². The topological polar surface area (TPSA) is 61.0 Å². The lowest BCUT2D eigenvalue weighted by Gasteiger charge is -2.13. The molecule has 27 heavy (non-hydrogen) atoms. The maximum atomic E-state index is 13.3. The van der Waals surface area contributed by atoms with Gasteiger partial charge >= 0.3 is 0 Å². The number of imidazole rings is 1. The van der Waals surface area contributed by atoms with Gasteiger partial charge < -0.3 is 14.3 Å². The molecule has 1 aliphatic heterocycles. The molecule has 0 saturated carbocycles. The van der Waals surface area contributed by atoms with Crippen LogP contribution in [-0.2, 0) is 15.9 Å². The van der Waals surface area contributed by atoms with Crippen LogP contribution in [-0.4, -0.2) is 34.0 Å². The molecule has 0 radical (unpaired) electrons. The molecule has 1 unspecified atom stereocenters. The third-order valence-electron chi connectivity index (χ3n) is 4.57. The van der Waals surface area contributed by atoms with Crippen molar-refractivity contribution in [3.63, 3.8) is 0 Å². The zero-order valence-corrected chi connectivity index (χ0v) is 15.7. The van der Waals surface area contributed by atoms with Crippen LogP contribution in [0.4, 0.5) is 4.39 Å². The van der Waals surface area contributed by atoms with Gasteiger partial charge in [0.25, 0.3) is 0 Å². The highest BCUT2D eigenvalue weighted by atomic mass is 32.2. The van der Waals surface area contributed by atoms with Crippen LogP contribution in [0.3, 0.4) is 0 Å². The minimum Gasteiger partial charge on any atom is -0.612 e. The van der Waals surface area contributed by atoms with Crippen molar-refractivity contribution in [2.24, 2.45) is 0 Å². The van der Waals surface area contributed by atoms with E-state index in [2.05, 4.69) is 11.1 Å². The molecule has 0 bridgehead atoms. The van der Waals surface area contributed by atoms with Crippen LogP contribution in [0.1, 0.15) is 12.1 Å². The first-order valence-corrected chi connectivity index (χ1v) is 10.2. The van der Waals surface area contributed by atoms with Gasteiger partial charge in [-0.1, -0.05) is 6.08 Å². The lowest BCUT2D eigenvalue weighted by atomic mass is 10.0. The summed E-state index contributed by atoms with van der Waals surface area (Å²) in [6.45, 7) is 1.24. The Morgan fingerprint density at radius 1 is 1.07 bits per heavy atom. The molecule has 0 spiro atoms. The molecule has 1 N–H and O–H groups in total. The lowest BCUT2D eigenvalue weighted by molar-refractivity contribution is 0.161. The predicted molar refractivity (Wildman–Crippen MR) is 105 cm³/mol. The number of aromatic nitrogens is 2. The van der Waals surface area contributed by atoms with E-state index in [0.717, 1.165) is 45.2 Å². The molecule has 0 aliphatic carbocycles. The van der Waals surface area contributed by atoms with Crippen LogP contribution < -0.4 is 0 Å². The minimum atomic E-state index is -1.02. The van der Waals surface area contributed by atoms with Gasteiger partial charge in [0.1, 0.15) is 17.9 Å². The van der Waals surface area contributed by atoms with E-state index < -0.39 is 11.2 Å². The number of halogens is 1. The maximum Gasteiger partial charge on any atom is 0.152 e. The van der Waals surface area contributed by atoms with Gasteiger partial charge in [0.05, 0.1) is 24.6 Å². The molecule has 1 atom stereocenters. The summed E-state index contributed by atoms with van der Waals surface area (Å²) < 4.78 is 30.4. The summed E-state index contributed by atoms with van der Waals surface area (Å²) in [5, 5.41) is 0. The second-order valence-corrected chi connectivity index (χ2v) is 7.73. The minimum absolute atomic E-state index is 0.274. The van der Waals surface area contributed by atoms with Crippen molar-refractivity contribution in [2.75, 3.05) is 19.5 Å². The van der Waals surface area contributed by atoms with Gasteiger partial charge in [0, 0.05) is 11.1 Å². The van der Waals surface area contributed by atoms with Crippen LogP contribution in [0.5, 0.6) is 0 Å². The Labute approximate surface area is 160 Å². The van der Waals surface area contributed by atoms with E-state index in [4.69, 9.17) is 9.72 Å². The van der Waals surface area contributed by atoms with Gasteiger partial charge in [0.2, 0.25) is 0 Å². The first kappa shape index (κ1) is 18.0. The van der Waals surface area contributed by atoms with E-state index in [1.165, 1.54) is 12.1 Å². The number of benzene rings is 2. The second kappa shape index (κ2) is 7.68. The highest BCUT2D eigenvalue weighted by Crippen LogP contribution is 2.33. The Hall–Kier alpha value is -2.41. The quantitative estimate of drug-likeness (QED) is 0.679. The van der Waals surface area contributed by atoms with Crippen molar-refractivity contribution in [1.29, 1.82) is 0 Å². The molecule has 2 heterocycles. The number of H-pyrrole nitrogens is 1. The number of aromatic amines is 1. The van der Waals surface area contributed by atoms with E-state index >= 15 is 0 Å². The molecule has 2 aromatic carbocycles. The standard InChI is InChI=1S/C21H19FN2O2S/c1-27(25)18-8-4-16(5-9-18)21-23-19(14-2-6-17(22)7-3-14)20(24-21)15-10-12-26-13-11-15/h2-10H,11-13H2,1H3,(H,23,24). The van der Waals surface area contributed by atoms with E-state index in [-0.39, 0.29) is 5.82 Å². The fraction of sp³-hybridized carbons (Fsp3) is 0.190. The zero-order chi connectivity index (χ0) is 18.8. The average Bonchev–Trinajstić information content (AvgIpc) is 3.15. The molecule has 0 amide bonds. The largest absolute Gasteiger partial charge is 0.612 e. The summed E-state index contributed by atoms with van der Waals surface area (Å²) >= 11 is -1.02. The van der Waals surface area contributed by atoms with E-state index in [1.54, 1.807) is 18.4 Å². The first-order valence-electron chi connectivity index (χ1n) is 8.69. The molecule has 1 aromatic heterocycles. The maximum absolute atomic E-state index is 13.3. The number of nitrogens with zero attached hydrogens (tertiary/aromatic N) is 1. The van der Waals surface area contributed by atoms with Crippen molar-refractivity contribution in [3.8, 4) is 22.6 Å². The van der Waals surface area contributed by atoms with E-state index in [9.17, 15) is 8.94 Å². The van der Waals surface area contributed by atoms with Crippen molar-refractivity contribution >= 4 is 16.7 Å². The fourth-order valence-electron chi connectivity index (χ4n) is 3.12. The Bertz CT molecular complexity index is 963. The Morgan fingerprint density at radius 2 is 1.78 bits per heavy atom. The zero-order valence-electron chi connectivity index (χ0n) is 14.9. The van der Waals surface area contributed by atoms with E-state index in [1.807, 2.05) is 24.3 Å². The second-order valence-electron chi connectivity index (χ2n) is 6.35. The number of nitrogens with one attached hydrogen (secondary N) is 1. The summed E-state index contributed by atoms with van der Waals surface area (Å²) in [6, 6.07) is 13.9. The monoisotopic (exact) mass is 382 g/mol. The molecule has 4 nitrogen and oxygen atoms in total.